The Hall–Kier alpha value is -1.51. The molecule has 0 aromatic heterocycles. The molecule has 1 aromatic rings. The van der Waals surface area contributed by atoms with Crippen molar-refractivity contribution in [2.75, 3.05) is 0 Å². The van der Waals surface area contributed by atoms with Gasteiger partial charge in [-0.15, -0.1) is 4.72 Å². The van der Waals surface area contributed by atoms with Crippen LogP contribution in [-0.2, 0) is 21.7 Å². The van der Waals surface area contributed by atoms with Crippen LogP contribution in [0.25, 0.3) is 0 Å². The predicted octanol–water partition coefficient (Wildman–Crippen LogP) is 3.37. The van der Waals surface area contributed by atoms with Crippen molar-refractivity contribution in [3.05, 3.63) is 47.5 Å². The van der Waals surface area contributed by atoms with Crippen molar-refractivity contribution in [2.45, 2.75) is 44.2 Å². The molecule has 3 atom stereocenters. The van der Waals surface area contributed by atoms with E-state index in [1.165, 1.54) is 25.1 Å². The SMILES string of the molecule is CC(N[S@+]([O-])C(C)(C)C)(c1ccccc1F)[C@H](F)C=C(F)C(=O)O. The second-order valence-corrected chi connectivity index (χ2v) is 8.35. The first-order valence-corrected chi connectivity index (χ1v) is 8.24. The highest BCUT2D eigenvalue weighted by atomic mass is 32.2. The quantitative estimate of drug-likeness (QED) is 0.600. The summed E-state index contributed by atoms with van der Waals surface area (Å²) in [6.07, 6.45) is -2.06. The van der Waals surface area contributed by atoms with Crippen LogP contribution < -0.4 is 4.72 Å². The summed E-state index contributed by atoms with van der Waals surface area (Å²) in [5.74, 6) is -4.44. The van der Waals surface area contributed by atoms with E-state index in [0.717, 1.165) is 6.07 Å². The number of carboxylic acids is 1. The highest BCUT2D eigenvalue weighted by molar-refractivity contribution is 7.90. The molecule has 134 valence electrons. The summed E-state index contributed by atoms with van der Waals surface area (Å²) in [6, 6.07) is 5.18. The third-order valence-corrected chi connectivity index (χ3v) is 5.06. The summed E-state index contributed by atoms with van der Waals surface area (Å²) in [4.78, 5) is 10.6. The van der Waals surface area contributed by atoms with Gasteiger partial charge in [-0.05, 0) is 39.8 Å². The first-order chi connectivity index (χ1) is 10.9. The van der Waals surface area contributed by atoms with E-state index >= 15 is 0 Å². The molecule has 0 aliphatic heterocycles. The van der Waals surface area contributed by atoms with E-state index in [0.29, 0.717) is 0 Å². The Labute approximate surface area is 142 Å². The zero-order valence-electron chi connectivity index (χ0n) is 13.8. The molecular weight excluding hydrogens is 343 g/mol. The Morgan fingerprint density at radius 2 is 1.88 bits per heavy atom. The fourth-order valence-corrected chi connectivity index (χ4v) is 2.77. The van der Waals surface area contributed by atoms with E-state index in [-0.39, 0.29) is 11.6 Å². The van der Waals surface area contributed by atoms with Gasteiger partial charge in [0, 0.05) is 16.9 Å². The highest BCUT2D eigenvalue weighted by Gasteiger charge is 2.44. The molecule has 24 heavy (non-hydrogen) atoms. The van der Waals surface area contributed by atoms with Gasteiger partial charge in [-0.3, -0.25) is 0 Å². The van der Waals surface area contributed by atoms with Crippen molar-refractivity contribution in [2.24, 2.45) is 0 Å². The van der Waals surface area contributed by atoms with E-state index in [2.05, 4.69) is 4.72 Å². The second-order valence-electron chi connectivity index (χ2n) is 6.39. The van der Waals surface area contributed by atoms with Crippen molar-refractivity contribution in [1.29, 1.82) is 0 Å². The maximum atomic E-state index is 14.7. The molecule has 0 radical (unpaired) electrons. The maximum absolute atomic E-state index is 14.7. The van der Waals surface area contributed by atoms with E-state index in [4.69, 9.17) is 5.11 Å². The first-order valence-electron chi connectivity index (χ1n) is 7.09. The van der Waals surface area contributed by atoms with Crippen molar-refractivity contribution in [1.82, 2.24) is 4.72 Å². The van der Waals surface area contributed by atoms with Crippen LogP contribution in [0.3, 0.4) is 0 Å². The van der Waals surface area contributed by atoms with E-state index < -0.39 is 45.4 Å². The van der Waals surface area contributed by atoms with Crippen molar-refractivity contribution < 1.29 is 27.6 Å². The number of benzene rings is 1. The zero-order chi connectivity index (χ0) is 18.7. The van der Waals surface area contributed by atoms with E-state index in [1.54, 1.807) is 20.8 Å². The fourth-order valence-electron chi connectivity index (χ4n) is 1.85. The lowest BCUT2D eigenvalue weighted by molar-refractivity contribution is -0.134. The number of carboxylic acid groups (broad SMARTS) is 1. The normalized spacial score (nSPS) is 17.9. The molecule has 0 bridgehead atoms. The Balaban J connectivity index is 3.39. The van der Waals surface area contributed by atoms with E-state index in [9.17, 15) is 22.5 Å². The van der Waals surface area contributed by atoms with Crippen LogP contribution in [0.5, 0.6) is 0 Å². The fraction of sp³-hybridized carbons (Fsp3) is 0.438. The number of aliphatic carboxylic acids is 1. The smallest absolute Gasteiger partial charge is 0.364 e. The minimum atomic E-state index is -2.28. The monoisotopic (exact) mass is 363 g/mol. The van der Waals surface area contributed by atoms with Gasteiger partial charge in [0.15, 0.2) is 0 Å². The molecule has 0 saturated carbocycles. The van der Waals surface area contributed by atoms with Crippen LogP contribution in [0.2, 0.25) is 0 Å². The van der Waals surface area contributed by atoms with Crippen molar-refractivity contribution in [3.63, 3.8) is 0 Å². The number of rotatable bonds is 6. The van der Waals surface area contributed by atoms with Crippen LogP contribution in [0.15, 0.2) is 36.2 Å². The van der Waals surface area contributed by atoms with Gasteiger partial charge in [0.25, 0.3) is 0 Å². The number of hydrogen-bond acceptors (Lipinski definition) is 3. The molecule has 1 unspecified atom stereocenters. The van der Waals surface area contributed by atoms with Gasteiger partial charge in [-0.1, -0.05) is 18.2 Å². The summed E-state index contributed by atoms with van der Waals surface area (Å²) in [7, 11) is 0. The lowest BCUT2D eigenvalue weighted by Gasteiger charge is -2.36. The van der Waals surface area contributed by atoms with Crippen LogP contribution in [-0.4, -0.2) is 26.5 Å². The van der Waals surface area contributed by atoms with Gasteiger partial charge in [0.05, 0.1) is 0 Å². The van der Waals surface area contributed by atoms with Gasteiger partial charge in [-0.2, -0.15) is 4.39 Å². The summed E-state index contributed by atoms with van der Waals surface area (Å²) in [6.45, 7) is 6.07. The Morgan fingerprint density at radius 3 is 2.33 bits per heavy atom. The molecule has 1 rings (SSSR count). The van der Waals surface area contributed by atoms with Crippen LogP contribution in [0.1, 0.15) is 33.3 Å². The number of alkyl halides is 1. The standard InChI is InChI=1S/C16H20F3NO3S/c1-15(2,3)24(23)20-16(4,10-7-5-6-8-11(10)17)13(19)9-12(18)14(21)22/h5-9,13,20H,1-4H3,(H,21,22)/t13-,16?,24-/m1/s1. The second kappa shape index (κ2) is 7.58. The minimum Gasteiger partial charge on any atom is -0.598 e. The minimum absolute atomic E-state index is 0.190. The topological polar surface area (TPSA) is 72.4 Å². The number of hydrogen-bond donors (Lipinski definition) is 2. The molecule has 0 aliphatic carbocycles. The molecule has 1 aromatic carbocycles. The van der Waals surface area contributed by atoms with Crippen LogP contribution in [0, 0.1) is 5.82 Å². The molecular formula is C16H20F3NO3S. The number of carbonyl (C=O) groups is 1. The third-order valence-electron chi connectivity index (χ3n) is 3.34. The van der Waals surface area contributed by atoms with Crippen LogP contribution >= 0.6 is 0 Å². The van der Waals surface area contributed by atoms with Crippen LogP contribution in [0.4, 0.5) is 13.2 Å². The van der Waals surface area contributed by atoms with Crippen molar-refractivity contribution in [3.8, 4) is 0 Å². The van der Waals surface area contributed by atoms with Gasteiger partial charge in [-0.25, -0.2) is 13.6 Å². The molecule has 2 N–H and O–H groups in total. The van der Waals surface area contributed by atoms with Gasteiger partial charge in [0.1, 0.15) is 22.3 Å². The third kappa shape index (κ3) is 4.75. The van der Waals surface area contributed by atoms with Gasteiger partial charge >= 0.3 is 5.97 Å². The maximum Gasteiger partial charge on any atom is 0.364 e. The highest BCUT2D eigenvalue weighted by Crippen LogP contribution is 2.33. The molecule has 0 spiro atoms. The van der Waals surface area contributed by atoms with Gasteiger partial charge < -0.3 is 9.66 Å². The Kier molecular flexibility index (Phi) is 6.49. The summed E-state index contributed by atoms with van der Waals surface area (Å²) in [5, 5.41) is 8.57. The first kappa shape index (κ1) is 20.5. The summed E-state index contributed by atoms with van der Waals surface area (Å²) < 4.78 is 56.3. The Morgan fingerprint density at radius 1 is 1.33 bits per heavy atom. The Bertz CT molecular complexity index is 633. The molecule has 0 aliphatic rings. The van der Waals surface area contributed by atoms with Gasteiger partial charge in [0.2, 0.25) is 5.83 Å². The molecule has 0 fully saturated rings. The average molecular weight is 363 g/mol. The summed E-state index contributed by atoms with van der Waals surface area (Å²) >= 11 is -1.82. The average Bonchev–Trinajstić information content (AvgIpc) is 2.46. The molecule has 0 amide bonds. The largest absolute Gasteiger partial charge is 0.598 e. The lowest BCUT2D eigenvalue weighted by atomic mass is 9.87. The molecule has 4 nitrogen and oxygen atoms in total. The lowest BCUT2D eigenvalue weighted by Crippen LogP contribution is -2.54. The predicted molar refractivity (Wildman–Crippen MR) is 86.5 cm³/mol. The summed E-state index contributed by atoms with van der Waals surface area (Å²) in [5.41, 5.74) is -2.12. The molecule has 0 saturated heterocycles. The zero-order valence-corrected chi connectivity index (χ0v) is 14.6. The van der Waals surface area contributed by atoms with Crippen molar-refractivity contribution >= 4 is 17.3 Å². The molecule has 8 heteroatoms. The number of halogens is 3. The van der Waals surface area contributed by atoms with E-state index in [1.807, 2.05) is 0 Å². The number of nitrogens with one attached hydrogen (secondary N) is 1. The molecule has 0 heterocycles.